The third-order valence-electron chi connectivity index (χ3n) is 3.44. The molecule has 0 unspecified atom stereocenters. The number of nitrogens with one attached hydrogen (secondary N) is 2. The molecule has 122 valence electrons. The largest absolute Gasteiger partial charge is 0.393 e. The molecule has 2 heterocycles. The first-order valence-electron chi connectivity index (χ1n) is 7.40. The van der Waals surface area contributed by atoms with Gasteiger partial charge in [-0.3, -0.25) is 0 Å². The van der Waals surface area contributed by atoms with Crippen LogP contribution in [-0.4, -0.2) is 15.0 Å². The van der Waals surface area contributed by atoms with E-state index in [0.717, 1.165) is 5.56 Å². The van der Waals surface area contributed by atoms with Crippen molar-refractivity contribution >= 4 is 34.7 Å². The number of nitrogens with zero attached hydrogens (tertiary/aromatic N) is 3. The highest BCUT2D eigenvalue weighted by Gasteiger charge is 2.08. The molecule has 3 aromatic rings. The molecule has 7 heteroatoms. The zero-order chi connectivity index (χ0) is 16.9. The van der Waals surface area contributed by atoms with Crippen molar-refractivity contribution < 1.29 is 0 Å². The van der Waals surface area contributed by atoms with E-state index >= 15 is 0 Å². The maximum atomic E-state index is 6.15. The fraction of sp³-hybridized carbons (Fsp3) is 0.118. The van der Waals surface area contributed by atoms with Crippen molar-refractivity contribution in [3.05, 3.63) is 65.1 Å². The van der Waals surface area contributed by atoms with Crippen LogP contribution in [0.25, 0.3) is 0 Å². The lowest BCUT2D eigenvalue weighted by Gasteiger charge is -2.12. The van der Waals surface area contributed by atoms with Crippen LogP contribution in [0.4, 0.5) is 23.1 Å². The quantitative estimate of drug-likeness (QED) is 0.655. The third kappa shape index (κ3) is 3.91. The summed E-state index contributed by atoms with van der Waals surface area (Å²) in [5, 5.41) is 6.85. The summed E-state index contributed by atoms with van der Waals surface area (Å²) in [4.78, 5) is 12.5. The summed E-state index contributed by atoms with van der Waals surface area (Å²) in [5.41, 5.74) is 8.95. The van der Waals surface area contributed by atoms with Gasteiger partial charge in [-0.15, -0.1) is 0 Å². The van der Waals surface area contributed by atoms with Gasteiger partial charge in [0.15, 0.2) is 11.6 Å². The highest BCUT2D eigenvalue weighted by atomic mass is 35.5. The fourth-order valence-corrected chi connectivity index (χ4v) is 2.21. The van der Waals surface area contributed by atoms with Gasteiger partial charge in [0.2, 0.25) is 0 Å². The molecule has 0 aliphatic carbocycles. The summed E-state index contributed by atoms with van der Waals surface area (Å²) in [6, 6.07) is 11.8. The lowest BCUT2D eigenvalue weighted by molar-refractivity contribution is 1.08. The first-order valence-corrected chi connectivity index (χ1v) is 7.78. The van der Waals surface area contributed by atoms with E-state index in [9.17, 15) is 0 Å². The standard InChI is InChI=1S/C17H17ClN6/c1-11-2-4-12(5-3-11)8-21-16-15(19)17(23-10-22-16)24-14-7-6-13(18)9-20-14/h2-7,9-10H,8,19H2,1H3,(H2,20,21,22,23,24). The molecule has 3 rings (SSSR count). The molecule has 0 atom stereocenters. The molecule has 2 aromatic heterocycles. The average molecular weight is 341 g/mol. The van der Waals surface area contributed by atoms with Crippen molar-refractivity contribution in [3.63, 3.8) is 0 Å². The van der Waals surface area contributed by atoms with Crippen LogP contribution >= 0.6 is 11.6 Å². The lowest BCUT2D eigenvalue weighted by atomic mass is 10.1. The molecule has 4 N–H and O–H groups in total. The second-order valence-corrected chi connectivity index (χ2v) is 5.75. The molecule has 0 amide bonds. The summed E-state index contributed by atoms with van der Waals surface area (Å²) in [7, 11) is 0. The predicted molar refractivity (Wildman–Crippen MR) is 97.5 cm³/mol. The Morgan fingerprint density at radius 1 is 1.00 bits per heavy atom. The Balaban J connectivity index is 1.72. The molecule has 24 heavy (non-hydrogen) atoms. The van der Waals surface area contributed by atoms with E-state index in [1.807, 2.05) is 0 Å². The summed E-state index contributed by atoms with van der Waals surface area (Å²) in [6.45, 7) is 2.68. The average Bonchev–Trinajstić information content (AvgIpc) is 2.59. The van der Waals surface area contributed by atoms with Gasteiger partial charge in [0.05, 0.1) is 5.02 Å². The fourth-order valence-electron chi connectivity index (χ4n) is 2.10. The number of rotatable bonds is 5. The molecule has 0 saturated carbocycles. The first-order chi connectivity index (χ1) is 11.6. The zero-order valence-electron chi connectivity index (χ0n) is 13.1. The Morgan fingerprint density at radius 3 is 2.46 bits per heavy atom. The third-order valence-corrected chi connectivity index (χ3v) is 3.66. The van der Waals surface area contributed by atoms with Crippen molar-refractivity contribution in [1.82, 2.24) is 15.0 Å². The van der Waals surface area contributed by atoms with Gasteiger partial charge in [-0.25, -0.2) is 15.0 Å². The van der Waals surface area contributed by atoms with Gasteiger partial charge in [0.1, 0.15) is 17.8 Å². The minimum Gasteiger partial charge on any atom is -0.393 e. The molecule has 0 spiro atoms. The number of aromatic nitrogens is 3. The van der Waals surface area contributed by atoms with Gasteiger partial charge >= 0.3 is 0 Å². The SMILES string of the molecule is Cc1ccc(CNc2ncnc(Nc3ccc(Cl)cn3)c2N)cc1. The summed E-state index contributed by atoms with van der Waals surface area (Å²) < 4.78 is 0. The van der Waals surface area contributed by atoms with Crippen molar-refractivity contribution in [2.45, 2.75) is 13.5 Å². The van der Waals surface area contributed by atoms with Gasteiger partial charge in [0.25, 0.3) is 0 Å². The van der Waals surface area contributed by atoms with Crippen molar-refractivity contribution in [2.24, 2.45) is 0 Å². The minimum absolute atomic E-state index is 0.432. The number of pyridine rings is 1. The highest BCUT2D eigenvalue weighted by Crippen LogP contribution is 2.25. The van der Waals surface area contributed by atoms with E-state index in [-0.39, 0.29) is 0 Å². The summed E-state index contributed by atoms with van der Waals surface area (Å²) in [5.74, 6) is 1.67. The van der Waals surface area contributed by atoms with Gasteiger partial charge in [-0.2, -0.15) is 0 Å². The number of nitrogens with two attached hydrogens (primary N) is 1. The molecule has 0 saturated heterocycles. The van der Waals surface area contributed by atoms with Crippen LogP contribution in [0, 0.1) is 6.92 Å². The lowest BCUT2D eigenvalue weighted by Crippen LogP contribution is -2.08. The van der Waals surface area contributed by atoms with E-state index < -0.39 is 0 Å². The van der Waals surface area contributed by atoms with Crippen molar-refractivity contribution in [2.75, 3.05) is 16.4 Å². The van der Waals surface area contributed by atoms with Gasteiger partial charge in [-0.05, 0) is 24.6 Å². The number of benzene rings is 1. The van der Waals surface area contributed by atoms with Crippen LogP contribution < -0.4 is 16.4 Å². The second-order valence-electron chi connectivity index (χ2n) is 5.31. The van der Waals surface area contributed by atoms with E-state index in [1.54, 1.807) is 18.3 Å². The Labute approximate surface area is 145 Å². The van der Waals surface area contributed by atoms with E-state index in [0.29, 0.717) is 34.7 Å². The molecule has 1 aromatic carbocycles. The van der Waals surface area contributed by atoms with Crippen LogP contribution in [0.1, 0.15) is 11.1 Å². The Hall–Kier alpha value is -2.86. The summed E-state index contributed by atoms with van der Waals surface area (Å²) in [6.07, 6.45) is 3.00. The number of nitrogen functional groups attached to an aromatic ring is 1. The highest BCUT2D eigenvalue weighted by molar-refractivity contribution is 6.30. The van der Waals surface area contributed by atoms with Crippen LogP contribution in [0.5, 0.6) is 0 Å². The molecule has 0 aliphatic rings. The molecular formula is C17H17ClN6. The van der Waals surface area contributed by atoms with Crippen LogP contribution in [0.15, 0.2) is 48.9 Å². The molecule has 6 nitrogen and oxygen atoms in total. The maximum absolute atomic E-state index is 6.15. The predicted octanol–water partition coefficient (Wildman–Crippen LogP) is 3.77. The molecule has 0 radical (unpaired) electrons. The smallest absolute Gasteiger partial charge is 0.160 e. The monoisotopic (exact) mass is 340 g/mol. The molecular weight excluding hydrogens is 324 g/mol. The van der Waals surface area contributed by atoms with Gasteiger partial charge in [-0.1, -0.05) is 41.4 Å². The first kappa shape index (κ1) is 16.0. The minimum atomic E-state index is 0.432. The summed E-state index contributed by atoms with van der Waals surface area (Å²) >= 11 is 5.83. The number of aryl methyl sites for hydroxylation is 1. The number of anilines is 4. The zero-order valence-corrected chi connectivity index (χ0v) is 13.9. The topological polar surface area (TPSA) is 88.8 Å². The van der Waals surface area contributed by atoms with E-state index in [2.05, 4.69) is 56.8 Å². The Kier molecular flexibility index (Phi) is 4.77. The molecule has 0 aliphatic heterocycles. The molecule has 0 fully saturated rings. The molecule has 0 bridgehead atoms. The van der Waals surface area contributed by atoms with Crippen LogP contribution in [0.2, 0.25) is 5.02 Å². The van der Waals surface area contributed by atoms with Gasteiger partial charge in [0, 0.05) is 12.7 Å². The van der Waals surface area contributed by atoms with Crippen LogP contribution in [-0.2, 0) is 6.54 Å². The Morgan fingerprint density at radius 2 is 1.75 bits per heavy atom. The van der Waals surface area contributed by atoms with Gasteiger partial charge < -0.3 is 16.4 Å². The maximum Gasteiger partial charge on any atom is 0.160 e. The number of halogens is 1. The van der Waals surface area contributed by atoms with Crippen molar-refractivity contribution in [1.29, 1.82) is 0 Å². The van der Waals surface area contributed by atoms with E-state index in [4.69, 9.17) is 17.3 Å². The Bertz CT molecular complexity index is 817. The van der Waals surface area contributed by atoms with Crippen molar-refractivity contribution in [3.8, 4) is 0 Å². The van der Waals surface area contributed by atoms with E-state index in [1.165, 1.54) is 11.9 Å². The number of hydrogen-bond acceptors (Lipinski definition) is 6. The van der Waals surface area contributed by atoms with Crippen LogP contribution in [0.3, 0.4) is 0 Å². The second kappa shape index (κ2) is 7.14. The normalized spacial score (nSPS) is 10.4. The number of hydrogen-bond donors (Lipinski definition) is 3.